The van der Waals surface area contributed by atoms with Gasteiger partial charge in [-0.25, -0.2) is 0 Å². The van der Waals surface area contributed by atoms with Gasteiger partial charge in [-0.3, -0.25) is 9.69 Å². The van der Waals surface area contributed by atoms with E-state index in [1.54, 1.807) is 0 Å². The number of likely N-dealkylation sites (tertiary alicyclic amines) is 3. The van der Waals surface area contributed by atoms with Crippen LogP contribution in [0.5, 0.6) is 0 Å². The van der Waals surface area contributed by atoms with Crippen molar-refractivity contribution in [1.82, 2.24) is 14.7 Å². The second kappa shape index (κ2) is 6.77. The molecule has 1 aromatic rings. The van der Waals surface area contributed by atoms with Gasteiger partial charge in [-0.2, -0.15) is 0 Å². The molecule has 3 aliphatic heterocycles. The van der Waals surface area contributed by atoms with Gasteiger partial charge in [-0.05, 0) is 58.0 Å². The summed E-state index contributed by atoms with van der Waals surface area (Å²) in [6.45, 7) is 9.62. The van der Waals surface area contributed by atoms with Crippen LogP contribution in [0.2, 0.25) is 0 Å². The summed E-state index contributed by atoms with van der Waals surface area (Å²) < 4.78 is 0. The van der Waals surface area contributed by atoms with Gasteiger partial charge in [-0.15, -0.1) is 11.3 Å². The molecule has 3 fully saturated rings. The third kappa shape index (κ3) is 3.39. The van der Waals surface area contributed by atoms with Crippen molar-refractivity contribution in [1.29, 1.82) is 0 Å². The summed E-state index contributed by atoms with van der Waals surface area (Å²) in [5.41, 5.74) is 0. The Balaban J connectivity index is 1.30. The van der Waals surface area contributed by atoms with E-state index in [4.69, 9.17) is 0 Å². The molecule has 0 N–H and O–H groups in total. The molecule has 4 heterocycles. The van der Waals surface area contributed by atoms with E-state index in [0.29, 0.717) is 17.7 Å². The molecule has 4 rings (SSSR count). The average molecular weight is 348 g/mol. The minimum Gasteiger partial charge on any atom is -0.342 e. The number of aryl methyl sites for hydroxylation is 1. The highest BCUT2D eigenvalue weighted by Crippen LogP contribution is 2.34. The normalized spacial score (nSPS) is 29.6. The van der Waals surface area contributed by atoms with E-state index in [-0.39, 0.29) is 5.92 Å². The van der Waals surface area contributed by atoms with E-state index >= 15 is 0 Å². The van der Waals surface area contributed by atoms with Crippen LogP contribution in [0, 0.1) is 24.7 Å². The SMILES string of the molecule is Cc1ccc(CN2C[C@H]3CN(CC4CCN(C)CC4)C(=O)[C@H]3C2)s1. The van der Waals surface area contributed by atoms with Crippen LogP contribution in [-0.2, 0) is 11.3 Å². The van der Waals surface area contributed by atoms with Crippen molar-refractivity contribution >= 4 is 17.2 Å². The first kappa shape index (κ1) is 16.6. The predicted octanol–water partition coefficient (Wildman–Crippen LogP) is 2.29. The van der Waals surface area contributed by atoms with E-state index < -0.39 is 0 Å². The van der Waals surface area contributed by atoms with Crippen molar-refractivity contribution in [3.8, 4) is 0 Å². The van der Waals surface area contributed by atoms with Crippen molar-refractivity contribution in [2.24, 2.45) is 17.8 Å². The highest BCUT2D eigenvalue weighted by molar-refractivity contribution is 7.11. The van der Waals surface area contributed by atoms with E-state index in [2.05, 4.69) is 40.8 Å². The van der Waals surface area contributed by atoms with Crippen molar-refractivity contribution in [2.45, 2.75) is 26.3 Å². The molecule has 1 amide bonds. The number of hydrogen-bond donors (Lipinski definition) is 0. The van der Waals surface area contributed by atoms with Crippen LogP contribution in [0.3, 0.4) is 0 Å². The number of hydrogen-bond acceptors (Lipinski definition) is 4. The Bertz CT molecular complexity index is 593. The second-order valence-electron chi connectivity index (χ2n) is 8.06. The molecule has 0 unspecified atom stereocenters. The fourth-order valence-electron chi connectivity index (χ4n) is 4.67. The van der Waals surface area contributed by atoms with Crippen LogP contribution >= 0.6 is 11.3 Å². The van der Waals surface area contributed by atoms with Gasteiger partial charge in [0.25, 0.3) is 0 Å². The fourth-order valence-corrected chi connectivity index (χ4v) is 5.61. The molecule has 1 aromatic heterocycles. The molecule has 3 saturated heterocycles. The summed E-state index contributed by atoms with van der Waals surface area (Å²) >= 11 is 1.89. The summed E-state index contributed by atoms with van der Waals surface area (Å²) in [7, 11) is 2.20. The summed E-state index contributed by atoms with van der Waals surface area (Å²) in [4.78, 5) is 22.7. The molecule has 132 valence electrons. The zero-order chi connectivity index (χ0) is 16.7. The molecule has 0 spiro atoms. The number of rotatable bonds is 4. The van der Waals surface area contributed by atoms with Crippen LogP contribution in [0.1, 0.15) is 22.6 Å². The highest BCUT2D eigenvalue weighted by atomic mass is 32.1. The molecule has 24 heavy (non-hydrogen) atoms. The molecule has 4 nitrogen and oxygen atoms in total. The Labute approximate surface area is 149 Å². The minimum absolute atomic E-state index is 0.261. The van der Waals surface area contributed by atoms with Gasteiger partial charge in [0.15, 0.2) is 0 Å². The highest BCUT2D eigenvalue weighted by Gasteiger charge is 2.46. The van der Waals surface area contributed by atoms with Crippen LogP contribution in [0.15, 0.2) is 12.1 Å². The lowest BCUT2D eigenvalue weighted by molar-refractivity contribution is -0.131. The smallest absolute Gasteiger partial charge is 0.227 e. The van der Waals surface area contributed by atoms with Crippen molar-refractivity contribution in [3.63, 3.8) is 0 Å². The number of piperidine rings is 1. The van der Waals surface area contributed by atoms with E-state index in [9.17, 15) is 4.79 Å². The number of thiophene rings is 1. The maximum absolute atomic E-state index is 12.8. The first-order valence-corrected chi connectivity index (χ1v) is 10.1. The molecule has 0 radical (unpaired) electrons. The quantitative estimate of drug-likeness (QED) is 0.836. The van der Waals surface area contributed by atoms with Crippen molar-refractivity contribution < 1.29 is 4.79 Å². The van der Waals surface area contributed by atoms with E-state index in [0.717, 1.165) is 32.7 Å². The second-order valence-corrected chi connectivity index (χ2v) is 9.44. The predicted molar refractivity (Wildman–Crippen MR) is 98.1 cm³/mol. The molecule has 2 atom stereocenters. The number of carbonyl (C=O) groups excluding carboxylic acids is 1. The van der Waals surface area contributed by atoms with E-state index in [1.165, 1.54) is 35.7 Å². The summed E-state index contributed by atoms with van der Waals surface area (Å²) in [5, 5.41) is 0. The Kier molecular flexibility index (Phi) is 4.67. The van der Waals surface area contributed by atoms with Gasteiger partial charge < -0.3 is 9.80 Å². The van der Waals surface area contributed by atoms with E-state index in [1.807, 2.05) is 11.3 Å². The molecule has 5 heteroatoms. The Hall–Kier alpha value is -0.910. The summed E-state index contributed by atoms with van der Waals surface area (Å²) in [6.07, 6.45) is 2.50. The molecule has 0 saturated carbocycles. The summed E-state index contributed by atoms with van der Waals surface area (Å²) in [5.74, 6) is 1.97. The van der Waals surface area contributed by atoms with Gasteiger partial charge in [0.05, 0.1) is 5.92 Å². The maximum Gasteiger partial charge on any atom is 0.227 e. The monoisotopic (exact) mass is 347 g/mol. The first-order valence-electron chi connectivity index (χ1n) is 9.33. The lowest BCUT2D eigenvalue weighted by Gasteiger charge is -2.32. The van der Waals surface area contributed by atoms with Gasteiger partial charge in [0, 0.05) is 48.4 Å². The van der Waals surface area contributed by atoms with Gasteiger partial charge in [0.2, 0.25) is 5.91 Å². The number of carbonyl (C=O) groups is 1. The topological polar surface area (TPSA) is 26.8 Å². The average Bonchev–Trinajstić information content (AvgIpc) is 3.21. The number of amides is 1. The van der Waals surface area contributed by atoms with Crippen LogP contribution in [0.25, 0.3) is 0 Å². The zero-order valence-electron chi connectivity index (χ0n) is 14.9. The molecular formula is C19H29N3OS. The van der Waals surface area contributed by atoms with Gasteiger partial charge >= 0.3 is 0 Å². The Morgan fingerprint density at radius 3 is 2.62 bits per heavy atom. The Morgan fingerprint density at radius 1 is 1.17 bits per heavy atom. The largest absolute Gasteiger partial charge is 0.342 e. The van der Waals surface area contributed by atoms with Crippen LogP contribution in [0.4, 0.5) is 0 Å². The summed E-state index contributed by atoms with van der Waals surface area (Å²) in [6, 6.07) is 4.44. The standard InChI is InChI=1S/C19H29N3OS/c1-14-3-4-17(24-14)12-21-10-16-11-22(19(23)18(16)13-21)9-15-5-7-20(2)8-6-15/h3-4,15-16,18H,5-13H2,1-2H3/t16-,18-/m0/s1. The molecule has 0 aliphatic carbocycles. The van der Waals surface area contributed by atoms with Crippen LogP contribution < -0.4 is 0 Å². The van der Waals surface area contributed by atoms with Crippen LogP contribution in [-0.4, -0.2) is 66.9 Å². The molecule has 0 bridgehead atoms. The van der Waals surface area contributed by atoms with Crippen molar-refractivity contribution in [3.05, 3.63) is 21.9 Å². The first-order chi connectivity index (χ1) is 11.6. The zero-order valence-corrected chi connectivity index (χ0v) is 15.7. The number of fused-ring (bicyclic) bond motifs is 1. The maximum atomic E-state index is 12.8. The molecule has 3 aliphatic rings. The third-order valence-corrected chi connectivity index (χ3v) is 7.08. The Morgan fingerprint density at radius 2 is 1.96 bits per heavy atom. The molecule has 0 aromatic carbocycles. The van der Waals surface area contributed by atoms with Crippen molar-refractivity contribution in [2.75, 3.05) is 46.3 Å². The minimum atomic E-state index is 0.261. The van der Waals surface area contributed by atoms with Gasteiger partial charge in [0.1, 0.15) is 0 Å². The lowest BCUT2D eigenvalue weighted by Crippen LogP contribution is -2.39. The van der Waals surface area contributed by atoms with Gasteiger partial charge in [-0.1, -0.05) is 0 Å². The number of nitrogens with zero attached hydrogens (tertiary/aromatic N) is 3. The molecular weight excluding hydrogens is 318 g/mol. The fraction of sp³-hybridized carbons (Fsp3) is 0.737. The third-order valence-electron chi connectivity index (χ3n) is 6.09. The lowest BCUT2D eigenvalue weighted by atomic mass is 9.96.